The Morgan fingerprint density at radius 2 is 2.60 bits per heavy atom. The first-order valence-electron chi connectivity index (χ1n) is 5.16. The normalized spacial score (nSPS) is 21.3. The number of carbonyl (C=O) groups is 1. The first-order valence-corrected chi connectivity index (χ1v) is 5.16. The predicted molar refractivity (Wildman–Crippen MR) is 54.6 cm³/mol. The van der Waals surface area contributed by atoms with Gasteiger partial charge in [-0.2, -0.15) is 0 Å². The van der Waals surface area contributed by atoms with E-state index in [-0.39, 0.29) is 5.91 Å². The molecule has 1 aromatic rings. The van der Waals surface area contributed by atoms with Gasteiger partial charge in [0.25, 0.3) is 5.91 Å². The maximum Gasteiger partial charge on any atom is 0.273 e. The quantitative estimate of drug-likeness (QED) is 0.693. The summed E-state index contributed by atoms with van der Waals surface area (Å²) in [7, 11) is 1.59. The number of hydrogen-bond acceptors (Lipinski definition) is 4. The van der Waals surface area contributed by atoms with Crippen LogP contribution < -0.4 is 10.6 Å². The van der Waals surface area contributed by atoms with Crippen molar-refractivity contribution in [3.63, 3.8) is 0 Å². The van der Waals surface area contributed by atoms with Crippen LogP contribution in [0.1, 0.15) is 29.4 Å². The molecule has 1 saturated heterocycles. The zero-order valence-electron chi connectivity index (χ0n) is 8.73. The summed E-state index contributed by atoms with van der Waals surface area (Å²) in [4.78, 5) is 11.3. The maximum atomic E-state index is 11.3. The van der Waals surface area contributed by atoms with E-state index in [9.17, 15) is 4.79 Å². The van der Waals surface area contributed by atoms with Gasteiger partial charge in [0.2, 0.25) is 0 Å². The standard InChI is InChI=1S/C9H15N5O/c1-10-9(15)8-6-14(13-12-8)7-3-2-4-11-5-7/h6-7,11H,2-5H2,1H3,(H,10,15)/t7-/m1/s1. The van der Waals surface area contributed by atoms with E-state index in [1.54, 1.807) is 17.9 Å². The van der Waals surface area contributed by atoms with E-state index >= 15 is 0 Å². The third-order valence-electron chi connectivity index (χ3n) is 2.61. The van der Waals surface area contributed by atoms with Gasteiger partial charge in [0.05, 0.1) is 12.2 Å². The van der Waals surface area contributed by atoms with Gasteiger partial charge in [0.15, 0.2) is 5.69 Å². The number of piperidine rings is 1. The number of nitrogens with zero attached hydrogens (tertiary/aromatic N) is 3. The molecule has 0 aromatic carbocycles. The number of aromatic nitrogens is 3. The summed E-state index contributed by atoms with van der Waals surface area (Å²) in [6.07, 6.45) is 3.93. The minimum Gasteiger partial charge on any atom is -0.354 e. The van der Waals surface area contributed by atoms with Crippen molar-refractivity contribution >= 4 is 5.91 Å². The highest BCUT2D eigenvalue weighted by Crippen LogP contribution is 2.14. The summed E-state index contributed by atoms with van der Waals surface area (Å²) in [6, 6.07) is 0.324. The molecular formula is C9H15N5O. The van der Waals surface area contributed by atoms with Gasteiger partial charge in [0, 0.05) is 13.6 Å². The molecule has 0 radical (unpaired) electrons. The molecule has 82 valence electrons. The lowest BCUT2D eigenvalue weighted by atomic mass is 10.1. The van der Waals surface area contributed by atoms with Gasteiger partial charge in [-0.05, 0) is 19.4 Å². The molecule has 0 aliphatic carbocycles. The maximum absolute atomic E-state index is 11.3. The number of nitrogens with one attached hydrogen (secondary N) is 2. The fraction of sp³-hybridized carbons (Fsp3) is 0.667. The van der Waals surface area contributed by atoms with Crippen molar-refractivity contribution in [3.8, 4) is 0 Å². The molecular weight excluding hydrogens is 194 g/mol. The molecule has 6 heteroatoms. The van der Waals surface area contributed by atoms with Crippen molar-refractivity contribution in [2.24, 2.45) is 0 Å². The monoisotopic (exact) mass is 209 g/mol. The molecule has 0 bridgehead atoms. The van der Waals surface area contributed by atoms with Crippen LogP contribution in [-0.4, -0.2) is 41.0 Å². The number of rotatable bonds is 2. The van der Waals surface area contributed by atoms with Crippen molar-refractivity contribution in [3.05, 3.63) is 11.9 Å². The van der Waals surface area contributed by atoms with Gasteiger partial charge in [-0.1, -0.05) is 5.21 Å². The first kappa shape index (κ1) is 10.1. The number of amides is 1. The minimum atomic E-state index is -0.190. The van der Waals surface area contributed by atoms with Crippen LogP contribution in [0.15, 0.2) is 6.20 Å². The molecule has 2 rings (SSSR count). The molecule has 15 heavy (non-hydrogen) atoms. The van der Waals surface area contributed by atoms with Gasteiger partial charge in [-0.3, -0.25) is 4.79 Å². The molecule has 1 aromatic heterocycles. The van der Waals surface area contributed by atoms with E-state index in [0.29, 0.717) is 11.7 Å². The fourth-order valence-electron chi connectivity index (χ4n) is 1.75. The van der Waals surface area contributed by atoms with Crippen LogP contribution in [0, 0.1) is 0 Å². The van der Waals surface area contributed by atoms with Gasteiger partial charge in [-0.15, -0.1) is 5.10 Å². The Kier molecular flexibility index (Phi) is 2.96. The summed E-state index contributed by atoms with van der Waals surface area (Å²) >= 11 is 0. The topological polar surface area (TPSA) is 71.8 Å². The average molecular weight is 209 g/mol. The second kappa shape index (κ2) is 4.39. The van der Waals surface area contributed by atoms with Gasteiger partial charge >= 0.3 is 0 Å². The average Bonchev–Trinajstić information content (AvgIpc) is 2.78. The van der Waals surface area contributed by atoms with E-state index in [0.717, 1.165) is 25.9 Å². The van der Waals surface area contributed by atoms with Gasteiger partial charge in [-0.25, -0.2) is 4.68 Å². The van der Waals surface area contributed by atoms with Crippen molar-refractivity contribution in [1.82, 2.24) is 25.6 Å². The molecule has 0 unspecified atom stereocenters. The molecule has 2 N–H and O–H groups in total. The smallest absolute Gasteiger partial charge is 0.273 e. The zero-order valence-corrected chi connectivity index (χ0v) is 8.73. The lowest BCUT2D eigenvalue weighted by Crippen LogP contribution is -2.31. The van der Waals surface area contributed by atoms with E-state index in [4.69, 9.17) is 0 Å². The Hall–Kier alpha value is -1.43. The van der Waals surface area contributed by atoms with Crippen LogP contribution in [0.2, 0.25) is 0 Å². The summed E-state index contributed by atoms with van der Waals surface area (Å²) < 4.78 is 1.77. The van der Waals surface area contributed by atoms with Crippen LogP contribution in [0.4, 0.5) is 0 Å². The lowest BCUT2D eigenvalue weighted by Gasteiger charge is -2.22. The molecule has 1 atom stereocenters. The second-order valence-electron chi connectivity index (χ2n) is 3.66. The van der Waals surface area contributed by atoms with E-state index in [1.165, 1.54) is 0 Å². The molecule has 1 aliphatic heterocycles. The number of carbonyl (C=O) groups excluding carboxylic acids is 1. The Balaban J connectivity index is 2.08. The van der Waals surface area contributed by atoms with Crippen LogP contribution >= 0.6 is 0 Å². The largest absolute Gasteiger partial charge is 0.354 e. The van der Waals surface area contributed by atoms with Crippen LogP contribution in [0.5, 0.6) is 0 Å². The molecule has 1 amide bonds. The molecule has 1 aliphatic rings. The van der Waals surface area contributed by atoms with E-state index in [1.807, 2.05) is 0 Å². The highest BCUT2D eigenvalue weighted by Gasteiger charge is 2.17. The highest BCUT2D eigenvalue weighted by molar-refractivity contribution is 5.91. The predicted octanol–water partition coefficient (Wildman–Crippen LogP) is -0.438. The fourth-order valence-corrected chi connectivity index (χ4v) is 1.75. The first-order chi connectivity index (χ1) is 7.31. The van der Waals surface area contributed by atoms with Crippen molar-refractivity contribution in [1.29, 1.82) is 0 Å². The SMILES string of the molecule is CNC(=O)c1cn([C@@H]2CCCNC2)nn1. The van der Waals surface area contributed by atoms with Crippen molar-refractivity contribution < 1.29 is 4.79 Å². The summed E-state index contributed by atoms with van der Waals surface area (Å²) in [6.45, 7) is 1.96. The van der Waals surface area contributed by atoms with Crippen LogP contribution in [0.3, 0.4) is 0 Å². The third kappa shape index (κ3) is 2.15. The summed E-state index contributed by atoms with van der Waals surface area (Å²) in [5.41, 5.74) is 0.378. The van der Waals surface area contributed by atoms with Gasteiger partial charge in [0.1, 0.15) is 0 Å². The Morgan fingerprint density at radius 3 is 3.27 bits per heavy atom. The van der Waals surface area contributed by atoms with Gasteiger partial charge < -0.3 is 10.6 Å². The third-order valence-corrected chi connectivity index (χ3v) is 2.61. The summed E-state index contributed by atoms with van der Waals surface area (Å²) in [5.74, 6) is -0.190. The molecule has 0 spiro atoms. The summed E-state index contributed by atoms with van der Waals surface area (Å²) in [5, 5.41) is 13.6. The Labute approximate surface area is 88.0 Å². The molecule has 6 nitrogen and oxygen atoms in total. The van der Waals surface area contributed by atoms with Crippen molar-refractivity contribution in [2.75, 3.05) is 20.1 Å². The van der Waals surface area contributed by atoms with Crippen LogP contribution in [0.25, 0.3) is 0 Å². The Bertz CT molecular complexity index is 342. The Morgan fingerprint density at radius 1 is 1.73 bits per heavy atom. The van der Waals surface area contributed by atoms with Crippen LogP contribution in [-0.2, 0) is 0 Å². The minimum absolute atomic E-state index is 0.190. The molecule has 2 heterocycles. The van der Waals surface area contributed by atoms with E-state index < -0.39 is 0 Å². The second-order valence-corrected chi connectivity index (χ2v) is 3.66. The molecule has 1 fully saturated rings. The zero-order chi connectivity index (χ0) is 10.7. The van der Waals surface area contributed by atoms with E-state index in [2.05, 4.69) is 20.9 Å². The lowest BCUT2D eigenvalue weighted by molar-refractivity contribution is 0.0958. The van der Waals surface area contributed by atoms with Crippen molar-refractivity contribution in [2.45, 2.75) is 18.9 Å². The molecule has 0 saturated carbocycles. The highest BCUT2D eigenvalue weighted by atomic mass is 16.1. The number of hydrogen-bond donors (Lipinski definition) is 2.